The smallest absolute Gasteiger partial charge is 0.138 e. The van der Waals surface area contributed by atoms with Crippen molar-refractivity contribution in [1.82, 2.24) is 4.98 Å². The third kappa shape index (κ3) is 1.98. The van der Waals surface area contributed by atoms with Crippen molar-refractivity contribution in [1.29, 1.82) is 0 Å². The molecular formula is C14H18N2O. The standard InChI is InChI=1S/C14H18N2O/c1-3-12-14(11(8-15)9(2)17)10-6-4-5-7-13(10)16-12/h4-7,11,16H,3,8,15H2,1-2H3. The highest BCUT2D eigenvalue weighted by atomic mass is 16.1. The lowest BCUT2D eigenvalue weighted by atomic mass is 9.92. The van der Waals surface area contributed by atoms with E-state index in [-0.39, 0.29) is 11.7 Å². The van der Waals surface area contributed by atoms with E-state index in [9.17, 15) is 4.79 Å². The van der Waals surface area contributed by atoms with Crippen LogP contribution in [0.25, 0.3) is 10.9 Å². The first-order valence-electron chi connectivity index (χ1n) is 5.99. The number of hydrogen-bond acceptors (Lipinski definition) is 2. The van der Waals surface area contributed by atoms with Crippen LogP contribution in [0.15, 0.2) is 24.3 Å². The number of aryl methyl sites for hydroxylation is 1. The maximum Gasteiger partial charge on any atom is 0.138 e. The van der Waals surface area contributed by atoms with Crippen LogP contribution in [0, 0.1) is 0 Å². The average molecular weight is 230 g/mol. The van der Waals surface area contributed by atoms with E-state index in [4.69, 9.17) is 5.73 Å². The van der Waals surface area contributed by atoms with Crippen LogP contribution in [0.1, 0.15) is 31.0 Å². The molecule has 3 N–H and O–H groups in total. The summed E-state index contributed by atoms with van der Waals surface area (Å²) >= 11 is 0. The number of nitrogens with two attached hydrogens (primary N) is 1. The number of benzene rings is 1. The van der Waals surface area contributed by atoms with Gasteiger partial charge in [0.2, 0.25) is 0 Å². The number of carbonyl (C=O) groups is 1. The van der Waals surface area contributed by atoms with E-state index in [1.807, 2.05) is 24.3 Å². The molecule has 0 saturated heterocycles. The second kappa shape index (κ2) is 4.72. The number of aromatic amines is 1. The van der Waals surface area contributed by atoms with Gasteiger partial charge in [-0.15, -0.1) is 0 Å². The van der Waals surface area contributed by atoms with E-state index in [0.29, 0.717) is 6.54 Å². The zero-order valence-electron chi connectivity index (χ0n) is 10.3. The number of nitrogens with one attached hydrogen (secondary N) is 1. The third-order valence-electron chi connectivity index (χ3n) is 3.26. The van der Waals surface area contributed by atoms with Gasteiger partial charge in [0.05, 0.1) is 5.92 Å². The van der Waals surface area contributed by atoms with Crippen LogP contribution < -0.4 is 5.73 Å². The molecule has 0 aliphatic heterocycles. The number of H-pyrrole nitrogens is 1. The van der Waals surface area contributed by atoms with Gasteiger partial charge in [-0.2, -0.15) is 0 Å². The number of fused-ring (bicyclic) bond motifs is 1. The summed E-state index contributed by atoms with van der Waals surface area (Å²) in [6, 6.07) is 8.07. The largest absolute Gasteiger partial charge is 0.358 e. The topological polar surface area (TPSA) is 58.9 Å². The zero-order chi connectivity index (χ0) is 12.4. The number of aromatic nitrogens is 1. The van der Waals surface area contributed by atoms with Gasteiger partial charge in [-0.1, -0.05) is 25.1 Å². The highest BCUT2D eigenvalue weighted by molar-refractivity contribution is 5.93. The Morgan fingerprint density at radius 1 is 1.41 bits per heavy atom. The van der Waals surface area contributed by atoms with Gasteiger partial charge in [0.15, 0.2) is 0 Å². The summed E-state index contributed by atoms with van der Waals surface area (Å²) < 4.78 is 0. The lowest BCUT2D eigenvalue weighted by molar-refractivity contribution is -0.118. The molecule has 0 amide bonds. The molecule has 0 spiro atoms. The molecule has 90 valence electrons. The Hall–Kier alpha value is -1.61. The van der Waals surface area contributed by atoms with Crippen molar-refractivity contribution >= 4 is 16.7 Å². The van der Waals surface area contributed by atoms with Crippen LogP contribution >= 0.6 is 0 Å². The molecule has 2 aromatic rings. The van der Waals surface area contributed by atoms with Crippen molar-refractivity contribution in [3.8, 4) is 0 Å². The van der Waals surface area contributed by atoms with Crippen molar-refractivity contribution in [2.45, 2.75) is 26.2 Å². The minimum atomic E-state index is -0.193. The summed E-state index contributed by atoms with van der Waals surface area (Å²) in [5.74, 6) is -0.0620. The Bertz CT molecular complexity index is 542. The molecule has 0 aliphatic rings. The molecule has 0 bridgehead atoms. The van der Waals surface area contributed by atoms with Crippen LogP contribution in [0.5, 0.6) is 0 Å². The van der Waals surface area contributed by atoms with Gasteiger partial charge in [0, 0.05) is 23.1 Å². The molecule has 1 unspecified atom stereocenters. The zero-order valence-corrected chi connectivity index (χ0v) is 10.3. The number of rotatable bonds is 4. The van der Waals surface area contributed by atoms with E-state index in [1.165, 1.54) is 0 Å². The van der Waals surface area contributed by atoms with Crippen molar-refractivity contribution in [3.63, 3.8) is 0 Å². The summed E-state index contributed by atoms with van der Waals surface area (Å²) in [5.41, 5.74) is 9.03. The maximum absolute atomic E-state index is 11.7. The van der Waals surface area contributed by atoms with Crippen LogP contribution in [0.2, 0.25) is 0 Å². The summed E-state index contributed by atoms with van der Waals surface area (Å²) in [4.78, 5) is 15.1. The molecule has 0 aliphatic carbocycles. The maximum atomic E-state index is 11.7. The van der Waals surface area contributed by atoms with Crippen molar-refractivity contribution in [2.24, 2.45) is 5.73 Å². The van der Waals surface area contributed by atoms with Crippen molar-refractivity contribution < 1.29 is 4.79 Å². The normalized spacial score (nSPS) is 12.9. The summed E-state index contributed by atoms with van der Waals surface area (Å²) in [7, 11) is 0. The van der Waals surface area contributed by atoms with Gasteiger partial charge < -0.3 is 10.7 Å². The quantitative estimate of drug-likeness (QED) is 0.847. The third-order valence-corrected chi connectivity index (χ3v) is 3.26. The Morgan fingerprint density at radius 2 is 2.12 bits per heavy atom. The predicted octanol–water partition coefficient (Wildman–Crippen LogP) is 2.36. The van der Waals surface area contributed by atoms with E-state index in [2.05, 4.69) is 11.9 Å². The van der Waals surface area contributed by atoms with E-state index < -0.39 is 0 Å². The fraction of sp³-hybridized carbons (Fsp3) is 0.357. The summed E-state index contributed by atoms with van der Waals surface area (Å²) in [6.45, 7) is 4.06. The monoisotopic (exact) mass is 230 g/mol. The number of ketones is 1. The average Bonchev–Trinajstić information content (AvgIpc) is 2.69. The molecule has 1 atom stereocenters. The highest BCUT2D eigenvalue weighted by Crippen LogP contribution is 2.29. The number of carbonyl (C=O) groups excluding carboxylic acids is 1. The van der Waals surface area contributed by atoms with Gasteiger partial charge in [-0.25, -0.2) is 0 Å². The molecule has 0 fully saturated rings. The minimum Gasteiger partial charge on any atom is -0.358 e. The first-order chi connectivity index (χ1) is 8.19. The lowest BCUT2D eigenvalue weighted by Gasteiger charge is -2.12. The number of para-hydroxylation sites is 1. The molecule has 3 nitrogen and oxygen atoms in total. The summed E-state index contributed by atoms with van der Waals surface area (Å²) in [6.07, 6.45) is 0.883. The van der Waals surface area contributed by atoms with Crippen molar-refractivity contribution in [2.75, 3.05) is 6.54 Å². The number of Topliss-reactive ketones (excluding diaryl/α,β-unsaturated/α-hetero) is 1. The van der Waals surface area contributed by atoms with Gasteiger partial charge in [-0.3, -0.25) is 4.79 Å². The summed E-state index contributed by atoms with van der Waals surface area (Å²) in [5, 5.41) is 1.12. The number of hydrogen-bond donors (Lipinski definition) is 2. The Morgan fingerprint density at radius 3 is 2.71 bits per heavy atom. The van der Waals surface area contributed by atoms with E-state index in [1.54, 1.807) is 6.92 Å². The second-order valence-electron chi connectivity index (χ2n) is 4.32. The molecule has 1 heterocycles. The van der Waals surface area contributed by atoms with Crippen LogP contribution in [-0.2, 0) is 11.2 Å². The molecule has 0 saturated carbocycles. The minimum absolute atomic E-state index is 0.131. The first-order valence-corrected chi connectivity index (χ1v) is 5.99. The van der Waals surface area contributed by atoms with Gasteiger partial charge in [-0.05, 0) is 25.0 Å². The molecule has 0 radical (unpaired) electrons. The molecule has 17 heavy (non-hydrogen) atoms. The Balaban J connectivity index is 2.68. The van der Waals surface area contributed by atoms with Crippen LogP contribution in [-0.4, -0.2) is 17.3 Å². The SMILES string of the molecule is CCc1[nH]c2ccccc2c1C(CN)C(C)=O. The first kappa shape index (κ1) is 11.9. The fourth-order valence-electron chi connectivity index (χ4n) is 2.38. The van der Waals surface area contributed by atoms with Crippen molar-refractivity contribution in [3.05, 3.63) is 35.5 Å². The van der Waals surface area contributed by atoms with Gasteiger partial charge in [0.25, 0.3) is 0 Å². The van der Waals surface area contributed by atoms with E-state index >= 15 is 0 Å². The molecule has 2 rings (SSSR count). The second-order valence-corrected chi connectivity index (χ2v) is 4.32. The Labute approximate surface area is 101 Å². The molecule has 3 heteroatoms. The van der Waals surface area contributed by atoms with E-state index in [0.717, 1.165) is 28.6 Å². The predicted molar refractivity (Wildman–Crippen MR) is 70.2 cm³/mol. The molecule has 1 aromatic carbocycles. The van der Waals surface area contributed by atoms with Gasteiger partial charge in [0.1, 0.15) is 5.78 Å². The lowest BCUT2D eigenvalue weighted by Crippen LogP contribution is -2.20. The van der Waals surface area contributed by atoms with Gasteiger partial charge >= 0.3 is 0 Å². The molecule has 1 aromatic heterocycles. The highest BCUT2D eigenvalue weighted by Gasteiger charge is 2.22. The molecular weight excluding hydrogens is 212 g/mol. The fourth-order valence-corrected chi connectivity index (χ4v) is 2.38. The Kier molecular flexibility index (Phi) is 3.29. The van der Waals surface area contributed by atoms with Crippen LogP contribution in [0.3, 0.4) is 0 Å². The van der Waals surface area contributed by atoms with Crippen LogP contribution in [0.4, 0.5) is 0 Å².